The van der Waals surface area contributed by atoms with Gasteiger partial charge in [-0.25, -0.2) is 0 Å². The smallest absolute Gasteiger partial charge is 0.309 e. The highest BCUT2D eigenvalue weighted by atomic mass is 35.5. The SMILES string of the molecule is COC(CNC(=O)C(=O)NCCN1CCOCC1)c1ccc(Cl)s1. The second kappa shape index (κ2) is 9.95. The number of morpholine rings is 1. The second-order valence-electron chi connectivity index (χ2n) is 5.29. The van der Waals surface area contributed by atoms with Crippen molar-refractivity contribution in [3.63, 3.8) is 0 Å². The molecule has 1 saturated heterocycles. The van der Waals surface area contributed by atoms with Crippen LogP contribution in [0.4, 0.5) is 0 Å². The molecule has 1 aromatic rings. The van der Waals surface area contributed by atoms with Crippen molar-refractivity contribution in [3.05, 3.63) is 21.3 Å². The van der Waals surface area contributed by atoms with E-state index in [1.807, 2.05) is 6.07 Å². The molecule has 2 amide bonds. The van der Waals surface area contributed by atoms with Crippen molar-refractivity contribution in [3.8, 4) is 0 Å². The van der Waals surface area contributed by atoms with Crippen molar-refractivity contribution in [1.29, 1.82) is 0 Å². The van der Waals surface area contributed by atoms with Crippen LogP contribution in [0.1, 0.15) is 11.0 Å². The Balaban J connectivity index is 1.67. The first kappa shape index (κ1) is 19.1. The summed E-state index contributed by atoms with van der Waals surface area (Å²) < 4.78 is 11.2. The van der Waals surface area contributed by atoms with Crippen molar-refractivity contribution in [2.24, 2.45) is 0 Å². The fraction of sp³-hybridized carbons (Fsp3) is 0.600. The van der Waals surface area contributed by atoms with Gasteiger partial charge in [-0.2, -0.15) is 0 Å². The Hall–Kier alpha value is -1.19. The Labute approximate surface area is 150 Å². The van der Waals surface area contributed by atoms with Crippen LogP contribution in [-0.4, -0.2) is 69.8 Å². The first-order chi connectivity index (χ1) is 11.6. The van der Waals surface area contributed by atoms with Gasteiger partial charge in [-0.3, -0.25) is 14.5 Å². The fourth-order valence-electron chi connectivity index (χ4n) is 2.30. The van der Waals surface area contributed by atoms with E-state index in [1.165, 1.54) is 11.3 Å². The maximum atomic E-state index is 11.8. The molecule has 0 saturated carbocycles. The van der Waals surface area contributed by atoms with Crippen LogP contribution in [0.5, 0.6) is 0 Å². The molecule has 1 fully saturated rings. The predicted octanol–water partition coefficient (Wildman–Crippen LogP) is 0.654. The zero-order valence-electron chi connectivity index (χ0n) is 13.5. The third-order valence-corrected chi connectivity index (χ3v) is 4.99. The molecule has 24 heavy (non-hydrogen) atoms. The summed E-state index contributed by atoms with van der Waals surface area (Å²) in [6, 6.07) is 3.61. The van der Waals surface area contributed by atoms with Gasteiger partial charge in [0.2, 0.25) is 0 Å². The average molecular weight is 376 g/mol. The minimum atomic E-state index is -0.665. The molecule has 7 nitrogen and oxygen atoms in total. The van der Waals surface area contributed by atoms with Crippen molar-refractivity contribution >= 4 is 34.8 Å². The second-order valence-corrected chi connectivity index (χ2v) is 7.03. The molecule has 0 bridgehead atoms. The summed E-state index contributed by atoms with van der Waals surface area (Å²) in [5.41, 5.74) is 0. The lowest BCUT2D eigenvalue weighted by Crippen LogP contribution is -2.45. The first-order valence-electron chi connectivity index (χ1n) is 7.74. The zero-order chi connectivity index (χ0) is 17.4. The topological polar surface area (TPSA) is 79.9 Å². The summed E-state index contributed by atoms with van der Waals surface area (Å²) >= 11 is 7.28. The lowest BCUT2D eigenvalue weighted by Gasteiger charge is -2.26. The summed E-state index contributed by atoms with van der Waals surface area (Å²) in [5, 5.41) is 5.21. The summed E-state index contributed by atoms with van der Waals surface area (Å²) in [5.74, 6) is -1.30. The highest BCUT2D eigenvalue weighted by Crippen LogP contribution is 2.28. The summed E-state index contributed by atoms with van der Waals surface area (Å²) in [6.07, 6.45) is -0.326. The molecular formula is C15H22ClN3O4S. The standard InChI is InChI=1S/C15H22ClN3O4S/c1-22-11(12-2-3-13(16)24-12)10-18-15(21)14(20)17-4-5-19-6-8-23-9-7-19/h2-3,11H,4-10H2,1H3,(H,17,20)(H,18,21). The average Bonchev–Trinajstić information content (AvgIpc) is 3.02. The van der Waals surface area contributed by atoms with E-state index in [2.05, 4.69) is 15.5 Å². The van der Waals surface area contributed by atoms with E-state index < -0.39 is 11.8 Å². The fourth-order valence-corrected chi connectivity index (χ4v) is 3.44. The lowest BCUT2D eigenvalue weighted by molar-refractivity contribution is -0.139. The molecule has 2 heterocycles. The molecular weight excluding hydrogens is 354 g/mol. The molecule has 1 aliphatic rings. The number of halogens is 1. The number of carbonyl (C=O) groups excluding carboxylic acids is 2. The molecule has 2 rings (SSSR count). The van der Waals surface area contributed by atoms with Crippen LogP contribution >= 0.6 is 22.9 Å². The molecule has 0 aromatic carbocycles. The van der Waals surface area contributed by atoms with Gasteiger partial charge in [0.1, 0.15) is 6.10 Å². The van der Waals surface area contributed by atoms with Gasteiger partial charge < -0.3 is 20.1 Å². The lowest BCUT2D eigenvalue weighted by atomic mass is 10.3. The van der Waals surface area contributed by atoms with E-state index in [1.54, 1.807) is 13.2 Å². The molecule has 2 N–H and O–H groups in total. The van der Waals surface area contributed by atoms with E-state index in [0.717, 1.165) is 18.0 Å². The van der Waals surface area contributed by atoms with Crippen LogP contribution in [0, 0.1) is 0 Å². The largest absolute Gasteiger partial charge is 0.379 e. The van der Waals surface area contributed by atoms with Crippen LogP contribution in [0.25, 0.3) is 0 Å². The quantitative estimate of drug-likeness (QED) is 0.684. The molecule has 1 unspecified atom stereocenters. The van der Waals surface area contributed by atoms with E-state index in [0.29, 0.717) is 30.6 Å². The Morgan fingerprint density at radius 2 is 2.04 bits per heavy atom. The van der Waals surface area contributed by atoms with Crippen molar-refractivity contribution in [1.82, 2.24) is 15.5 Å². The Morgan fingerprint density at radius 3 is 2.67 bits per heavy atom. The van der Waals surface area contributed by atoms with Gasteiger partial charge in [0, 0.05) is 44.7 Å². The van der Waals surface area contributed by atoms with Crippen molar-refractivity contribution in [2.75, 3.05) is 53.0 Å². The molecule has 1 aromatic heterocycles. The monoisotopic (exact) mass is 375 g/mol. The molecule has 0 spiro atoms. The predicted molar refractivity (Wildman–Crippen MR) is 92.4 cm³/mol. The summed E-state index contributed by atoms with van der Waals surface area (Å²) in [6.45, 7) is 4.46. The minimum Gasteiger partial charge on any atom is -0.379 e. The number of ether oxygens (including phenoxy) is 2. The van der Waals surface area contributed by atoms with Gasteiger partial charge in [0.05, 0.1) is 17.6 Å². The molecule has 1 atom stereocenters. The maximum absolute atomic E-state index is 11.8. The van der Waals surface area contributed by atoms with E-state index in [4.69, 9.17) is 21.1 Å². The number of methoxy groups -OCH3 is 1. The molecule has 9 heteroatoms. The first-order valence-corrected chi connectivity index (χ1v) is 8.93. The maximum Gasteiger partial charge on any atom is 0.309 e. The molecule has 1 aliphatic heterocycles. The third-order valence-electron chi connectivity index (χ3n) is 3.67. The highest BCUT2D eigenvalue weighted by molar-refractivity contribution is 7.16. The Kier molecular flexibility index (Phi) is 7.93. The van der Waals surface area contributed by atoms with E-state index in [-0.39, 0.29) is 12.6 Å². The molecule has 0 radical (unpaired) electrons. The number of nitrogens with zero attached hydrogens (tertiary/aromatic N) is 1. The minimum absolute atomic E-state index is 0.211. The zero-order valence-corrected chi connectivity index (χ0v) is 15.1. The normalized spacial score (nSPS) is 16.6. The van der Waals surface area contributed by atoms with Gasteiger partial charge in [-0.15, -0.1) is 11.3 Å². The van der Waals surface area contributed by atoms with E-state index >= 15 is 0 Å². The van der Waals surface area contributed by atoms with Gasteiger partial charge in [-0.05, 0) is 12.1 Å². The summed E-state index contributed by atoms with van der Waals surface area (Å²) in [7, 11) is 1.55. The van der Waals surface area contributed by atoms with Gasteiger partial charge in [-0.1, -0.05) is 11.6 Å². The van der Waals surface area contributed by atoms with Gasteiger partial charge in [0.15, 0.2) is 0 Å². The number of hydrogen-bond donors (Lipinski definition) is 2. The number of thiophene rings is 1. The van der Waals surface area contributed by atoms with E-state index in [9.17, 15) is 9.59 Å². The number of carbonyl (C=O) groups is 2. The van der Waals surface area contributed by atoms with Gasteiger partial charge >= 0.3 is 11.8 Å². The highest BCUT2D eigenvalue weighted by Gasteiger charge is 2.18. The van der Waals surface area contributed by atoms with Crippen molar-refractivity contribution in [2.45, 2.75) is 6.10 Å². The van der Waals surface area contributed by atoms with Gasteiger partial charge in [0.25, 0.3) is 0 Å². The van der Waals surface area contributed by atoms with Crippen LogP contribution in [-0.2, 0) is 19.1 Å². The number of hydrogen-bond acceptors (Lipinski definition) is 6. The van der Waals surface area contributed by atoms with Crippen LogP contribution in [0.3, 0.4) is 0 Å². The third kappa shape index (κ3) is 6.03. The Morgan fingerprint density at radius 1 is 1.33 bits per heavy atom. The van der Waals surface area contributed by atoms with Crippen LogP contribution in [0.2, 0.25) is 4.34 Å². The number of amides is 2. The van der Waals surface area contributed by atoms with Crippen LogP contribution in [0.15, 0.2) is 12.1 Å². The Bertz CT molecular complexity index is 549. The van der Waals surface area contributed by atoms with Crippen molar-refractivity contribution < 1.29 is 19.1 Å². The number of rotatable bonds is 7. The summed E-state index contributed by atoms with van der Waals surface area (Å²) in [4.78, 5) is 26.7. The number of nitrogens with one attached hydrogen (secondary N) is 2. The molecule has 134 valence electrons. The van der Waals surface area contributed by atoms with Crippen LogP contribution < -0.4 is 10.6 Å². The molecule has 0 aliphatic carbocycles.